The summed E-state index contributed by atoms with van der Waals surface area (Å²) in [5.41, 5.74) is 2.16. The van der Waals surface area contributed by atoms with Crippen molar-refractivity contribution in [3.8, 4) is 11.8 Å². The highest BCUT2D eigenvalue weighted by molar-refractivity contribution is 7.10. The van der Waals surface area contributed by atoms with Crippen LogP contribution in [0.5, 0.6) is 0 Å². The number of thiazole rings is 1. The lowest BCUT2D eigenvalue weighted by molar-refractivity contribution is -0.126. The number of ether oxygens (including phenoxy) is 1. The summed E-state index contributed by atoms with van der Waals surface area (Å²) in [5.74, 6) is 4.98. The largest absolute Gasteiger partial charge is 0.459 e. The molecule has 36 heavy (non-hydrogen) atoms. The summed E-state index contributed by atoms with van der Waals surface area (Å²) in [6, 6.07) is 16.0. The van der Waals surface area contributed by atoms with E-state index in [0.29, 0.717) is 30.0 Å². The molecule has 1 saturated heterocycles. The molecule has 1 aliphatic heterocycles. The van der Waals surface area contributed by atoms with Gasteiger partial charge in [-0.25, -0.2) is 9.78 Å². The Hall–Kier alpha value is -3.96. The summed E-state index contributed by atoms with van der Waals surface area (Å²) in [5, 5.41) is 5.47. The van der Waals surface area contributed by atoms with Crippen molar-refractivity contribution < 1.29 is 19.1 Å². The molecule has 7 nitrogen and oxygen atoms in total. The average molecular weight is 502 g/mol. The molecule has 1 aliphatic rings. The highest BCUT2D eigenvalue weighted by Gasteiger charge is 2.26. The Morgan fingerprint density at radius 3 is 2.42 bits per heavy atom. The SMILES string of the molecule is CC(C)OC(=O)c1ccc(NC(=O)c2csc(C3CCN(C(=O)C#Cc4ccccc4)CC3)n2)cc1. The maximum Gasteiger partial charge on any atom is 0.338 e. The number of carbonyl (C=O) groups excluding carboxylic acids is 3. The lowest BCUT2D eigenvalue weighted by atomic mass is 9.97. The van der Waals surface area contributed by atoms with Gasteiger partial charge in [0, 0.05) is 41.6 Å². The number of aromatic nitrogens is 1. The molecule has 0 atom stereocenters. The maximum absolute atomic E-state index is 12.7. The predicted octanol–water partition coefficient (Wildman–Crippen LogP) is 4.72. The highest BCUT2D eigenvalue weighted by atomic mass is 32.1. The molecule has 0 unspecified atom stereocenters. The third-order valence-electron chi connectivity index (χ3n) is 5.69. The number of nitrogens with one attached hydrogen (secondary N) is 1. The van der Waals surface area contributed by atoms with Crippen LogP contribution in [0.4, 0.5) is 5.69 Å². The zero-order chi connectivity index (χ0) is 25.5. The molecule has 1 aromatic heterocycles. The van der Waals surface area contributed by atoms with Crippen molar-refractivity contribution >= 4 is 34.8 Å². The van der Waals surface area contributed by atoms with Crippen molar-refractivity contribution in [3.63, 3.8) is 0 Å². The van der Waals surface area contributed by atoms with Crippen LogP contribution in [0.3, 0.4) is 0 Å². The van der Waals surface area contributed by atoms with E-state index in [1.165, 1.54) is 11.3 Å². The lowest BCUT2D eigenvalue weighted by Gasteiger charge is -2.29. The Morgan fingerprint density at radius 1 is 1.06 bits per heavy atom. The zero-order valence-electron chi connectivity index (χ0n) is 20.2. The van der Waals surface area contributed by atoms with E-state index in [-0.39, 0.29) is 23.8 Å². The van der Waals surface area contributed by atoms with Gasteiger partial charge in [-0.05, 0) is 63.1 Å². The molecule has 0 aliphatic carbocycles. The van der Waals surface area contributed by atoms with E-state index in [9.17, 15) is 14.4 Å². The summed E-state index contributed by atoms with van der Waals surface area (Å²) < 4.78 is 5.17. The van der Waals surface area contributed by atoms with Crippen molar-refractivity contribution in [1.29, 1.82) is 0 Å². The van der Waals surface area contributed by atoms with Crippen molar-refractivity contribution in [2.45, 2.75) is 38.7 Å². The molecular weight excluding hydrogens is 474 g/mol. The normalized spacial score (nSPS) is 13.6. The van der Waals surface area contributed by atoms with Crippen LogP contribution in [0, 0.1) is 11.8 Å². The number of rotatable bonds is 5. The number of anilines is 1. The third-order valence-corrected chi connectivity index (χ3v) is 6.70. The Labute approximate surface area is 214 Å². The number of esters is 1. The number of nitrogens with zero attached hydrogens (tertiary/aromatic N) is 2. The maximum atomic E-state index is 12.7. The minimum Gasteiger partial charge on any atom is -0.459 e. The second kappa shape index (κ2) is 11.6. The molecule has 2 heterocycles. The molecule has 184 valence electrons. The van der Waals surface area contributed by atoms with Crippen LogP contribution in [-0.2, 0) is 9.53 Å². The smallest absolute Gasteiger partial charge is 0.338 e. The molecular formula is C28H27N3O4S. The number of piperidine rings is 1. The fourth-order valence-corrected chi connectivity index (χ4v) is 4.77. The van der Waals surface area contributed by atoms with Gasteiger partial charge in [-0.1, -0.05) is 24.1 Å². The summed E-state index contributed by atoms with van der Waals surface area (Å²) in [7, 11) is 0. The van der Waals surface area contributed by atoms with Gasteiger partial charge in [0.1, 0.15) is 5.69 Å². The fraction of sp³-hybridized carbons (Fsp3) is 0.286. The first kappa shape index (κ1) is 25.1. The van der Waals surface area contributed by atoms with Crippen molar-refractivity contribution in [1.82, 2.24) is 9.88 Å². The summed E-state index contributed by atoms with van der Waals surface area (Å²) in [6.07, 6.45) is 1.36. The molecule has 0 spiro atoms. The zero-order valence-corrected chi connectivity index (χ0v) is 21.0. The van der Waals surface area contributed by atoms with Crippen LogP contribution < -0.4 is 5.32 Å². The molecule has 3 aromatic rings. The monoisotopic (exact) mass is 501 g/mol. The van der Waals surface area contributed by atoms with Crippen LogP contribution in [0.1, 0.15) is 64.0 Å². The van der Waals surface area contributed by atoms with Crippen LogP contribution in [0.2, 0.25) is 0 Å². The van der Waals surface area contributed by atoms with Gasteiger partial charge in [0.15, 0.2) is 0 Å². The molecule has 2 aromatic carbocycles. The van der Waals surface area contributed by atoms with Gasteiger partial charge >= 0.3 is 5.97 Å². The Kier molecular flexibility index (Phi) is 8.13. The molecule has 8 heteroatoms. The number of amides is 2. The van der Waals surface area contributed by atoms with E-state index >= 15 is 0 Å². The standard InChI is InChI=1S/C28H27N3O4S/c1-19(2)35-28(34)22-9-11-23(12-10-22)29-26(33)24-18-36-27(30-24)21-14-16-31(17-15-21)25(32)13-8-20-6-4-3-5-7-20/h3-7,9-12,18-19,21H,14-17H2,1-2H3,(H,29,33). The molecule has 2 amide bonds. The number of hydrogen-bond donors (Lipinski definition) is 1. The minimum absolute atomic E-state index is 0.167. The van der Waals surface area contributed by atoms with Gasteiger partial charge in [0.05, 0.1) is 16.7 Å². The van der Waals surface area contributed by atoms with Crippen LogP contribution in [-0.4, -0.2) is 46.9 Å². The summed E-state index contributed by atoms with van der Waals surface area (Å²) >= 11 is 1.46. The van der Waals surface area contributed by atoms with Gasteiger partial charge in [-0.2, -0.15) is 0 Å². The van der Waals surface area contributed by atoms with Crippen molar-refractivity contribution in [3.05, 3.63) is 81.8 Å². The summed E-state index contributed by atoms with van der Waals surface area (Å²) in [4.78, 5) is 43.4. The second-order valence-corrected chi connectivity index (χ2v) is 9.63. The van der Waals surface area contributed by atoms with Crippen molar-refractivity contribution in [2.75, 3.05) is 18.4 Å². The van der Waals surface area contributed by atoms with E-state index in [4.69, 9.17) is 4.74 Å². The van der Waals surface area contributed by atoms with E-state index in [2.05, 4.69) is 22.1 Å². The molecule has 0 radical (unpaired) electrons. The van der Waals surface area contributed by atoms with E-state index in [1.54, 1.807) is 48.4 Å². The topological polar surface area (TPSA) is 88.6 Å². The first-order valence-corrected chi connectivity index (χ1v) is 12.7. The van der Waals surface area contributed by atoms with Gasteiger partial charge in [0.25, 0.3) is 11.8 Å². The molecule has 1 fully saturated rings. The fourth-order valence-electron chi connectivity index (χ4n) is 3.80. The van der Waals surface area contributed by atoms with Gasteiger partial charge < -0.3 is 15.0 Å². The summed E-state index contributed by atoms with van der Waals surface area (Å²) in [6.45, 7) is 4.80. The van der Waals surface area contributed by atoms with Crippen LogP contribution in [0.25, 0.3) is 0 Å². The van der Waals surface area contributed by atoms with Crippen LogP contribution >= 0.6 is 11.3 Å². The Bertz CT molecular complexity index is 1280. The highest BCUT2D eigenvalue weighted by Crippen LogP contribution is 2.30. The number of likely N-dealkylation sites (tertiary alicyclic amines) is 1. The second-order valence-electron chi connectivity index (χ2n) is 8.74. The van der Waals surface area contributed by atoms with Crippen LogP contribution in [0.15, 0.2) is 60.0 Å². The Morgan fingerprint density at radius 2 is 1.75 bits per heavy atom. The number of hydrogen-bond acceptors (Lipinski definition) is 6. The van der Waals surface area contributed by atoms with Crippen molar-refractivity contribution in [2.24, 2.45) is 0 Å². The first-order chi connectivity index (χ1) is 17.4. The average Bonchev–Trinajstić information content (AvgIpc) is 3.39. The van der Waals surface area contributed by atoms with E-state index in [0.717, 1.165) is 23.4 Å². The minimum atomic E-state index is -0.400. The quantitative estimate of drug-likeness (QED) is 0.404. The Balaban J connectivity index is 1.29. The first-order valence-electron chi connectivity index (χ1n) is 11.8. The third kappa shape index (κ3) is 6.58. The van der Waals surface area contributed by atoms with Gasteiger partial charge in [-0.3, -0.25) is 9.59 Å². The predicted molar refractivity (Wildman–Crippen MR) is 139 cm³/mol. The lowest BCUT2D eigenvalue weighted by Crippen LogP contribution is -2.37. The van der Waals surface area contributed by atoms with Gasteiger partial charge in [-0.15, -0.1) is 11.3 Å². The molecule has 0 saturated carbocycles. The molecule has 1 N–H and O–H groups in total. The van der Waals surface area contributed by atoms with E-state index < -0.39 is 5.97 Å². The number of benzene rings is 2. The number of carbonyl (C=O) groups is 3. The van der Waals surface area contributed by atoms with Gasteiger partial charge in [0.2, 0.25) is 0 Å². The molecule has 0 bridgehead atoms. The molecule has 4 rings (SSSR count). The van der Waals surface area contributed by atoms with E-state index in [1.807, 2.05) is 30.3 Å².